The van der Waals surface area contributed by atoms with E-state index >= 15 is 0 Å². The van der Waals surface area contributed by atoms with Crippen molar-refractivity contribution in [1.29, 1.82) is 0 Å². The lowest BCUT2D eigenvalue weighted by Crippen LogP contribution is -2.21. The molecule has 0 aliphatic rings. The van der Waals surface area contributed by atoms with Gasteiger partial charge in [0.25, 0.3) is 15.9 Å². The van der Waals surface area contributed by atoms with Crippen LogP contribution in [0.15, 0.2) is 12.1 Å². The van der Waals surface area contributed by atoms with E-state index in [-0.39, 0.29) is 24.0 Å². The van der Waals surface area contributed by atoms with Crippen LogP contribution in [0.1, 0.15) is 98.9 Å². The maximum absolute atomic E-state index is 11.9. The third-order valence-corrected chi connectivity index (χ3v) is 4.90. The largest absolute Gasteiger partial charge is 0.478 e. The number of benzene rings is 1. The normalized spacial score (nSPS) is 12.6. The van der Waals surface area contributed by atoms with Gasteiger partial charge >= 0.3 is 5.97 Å². The summed E-state index contributed by atoms with van der Waals surface area (Å²) >= 11 is 0. The van der Waals surface area contributed by atoms with Crippen molar-refractivity contribution in [3.05, 3.63) is 59.2 Å². The molecular formula is C19H27N3O10. The molecule has 2 unspecified atom stereocenters. The zero-order valence-corrected chi connectivity index (χ0v) is 17.9. The van der Waals surface area contributed by atoms with Crippen LogP contribution in [0, 0.1) is 30.3 Å². The molecule has 0 fully saturated rings. The Hall–Kier alpha value is -3.51. The first kappa shape index (κ1) is 26.5. The molecule has 13 nitrogen and oxygen atoms in total. The number of unbranched alkanes of at least 4 members (excludes halogenated alkanes) is 4. The molecule has 13 heteroatoms. The van der Waals surface area contributed by atoms with E-state index in [9.17, 15) is 40.2 Å². The van der Waals surface area contributed by atoms with E-state index in [0.717, 1.165) is 25.0 Å². The summed E-state index contributed by atoms with van der Waals surface area (Å²) in [5.41, 5.74) is -1.82. The summed E-state index contributed by atoms with van der Waals surface area (Å²) in [5, 5.41) is 41.5. The van der Waals surface area contributed by atoms with Crippen LogP contribution < -0.4 is 0 Å². The van der Waals surface area contributed by atoms with E-state index < -0.39 is 44.5 Å². The fraction of sp³-hybridized carbons (Fsp3) is 0.632. The predicted octanol–water partition coefficient (Wildman–Crippen LogP) is 4.95. The second-order valence-electron chi connectivity index (χ2n) is 7.15. The molecule has 0 spiro atoms. The molecule has 0 saturated carbocycles. The zero-order valence-electron chi connectivity index (χ0n) is 17.9. The fourth-order valence-corrected chi connectivity index (χ4v) is 3.52. The third kappa shape index (κ3) is 7.63. The van der Waals surface area contributed by atoms with Gasteiger partial charge in [0.15, 0.2) is 0 Å². The minimum Gasteiger partial charge on any atom is -0.478 e. The van der Waals surface area contributed by atoms with Crippen molar-refractivity contribution in [1.82, 2.24) is 0 Å². The molecule has 1 aromatic rings. The molecule has 32 heavy (non-hydrogen) atoms. The smallest absolute Gasteiger partial charge is 0.336 e. The van der Waals surface area contributed by atoms with Crippen LogP contribution in [0.5, 0.6) is 0 Å². The van der Waals surface area contributed by atoms with Crippen LogP contribution in [0.25, 0.3) is 0 Å². The number of nitro benzene ring substituents is 1. The van der Waals surface area contributed by atoms with Crippen LogP contribution in [-0.4, -0.2) is 26.2 Å². The molecule has 0 saturated heterocycles. The molecule has 0 bridgehead atoms. The second-order valence-corrected chi connectivity index (χ2v) is 7.15. The Bertz CT molecular complexity index is 763. The number of nitrogens with zero attached hydrogens (tertiary/aromatic N) is 3. The van der Waals surface area contributed by atoms with Gasteiger partial charge in [0.05, 0.1) is 16.1 Å². The van der Waals surface area contributed by atoms with E-state index in [4.69, 9.17) is 9.68 Å². The summed E-state index contributed by atoms with van der Waals surface area (Å²) in [6.07, 6.45) is 0.612. The van der Waals surface area contributed by atoms with E-state index in [1.165, 1.54) is 0 Å². The summed E-state index contributed by atoms with van der Waals surface area (Å²) in [5.74, 6) is -1.50. The number of nitro groups is 1. The number of carboxylic acids is 1. The Morgan fingerprint density at radius 3 is 1.72 bits per heavy atom. The van der Waals surface area contributed by atoms with Gasteiger partial charge in [-0.25, -0.2) is 4.79 Å². The number of carboxylic acid groups (broad SMARTS) is 1. The molecule has 1 aromatic carbocycles. The second kappa shape index (κ2) is 13.0. The van der Waals surface area contributed by atoms with Gasteiger partial charge in [0.1, 0.15) is 12.2 Å². The van der Waals surface area contributed by atoms with Crippen LogP contribution in [0.2, 0.25) is 0 Å². The lowest BCUT2D eigenvalue weighted by atomic mass is 9.87. The maximum Gasteiger partial charge on any atom is 0.336 e. The van der Waals surface area contributed by atoms with Crippen molar-refractivity contribution in [2.45, 2.75) is 77.4 Å². The van der Waals surface area contributed by atoms with Crippen LogP contribution in [0.4, 0.5) is 5.69 Å². The van der Waals surface area contributed by atoms with Crippen LogP contribution in [-0.2, 0) is 9.68 Å². The maximum atomic E-state index is 11.9. The van der Waals surface area contributed by atoms with Crippen molar-refractivity contribution in [3.8, 4) is 0 Å². The van der Waals surface area contributed by atoms with Gasteiger partial charge in [-0.2, -0.15) is 0 Å². The third-order valence-electron chi connectivity index (χ3n) is 4.90. The summed E-state index contributed by atoms with van der Waals surface area (Å²) < 4.78 is 0. The Labute approximate surface area is 183 Å². The number of rotatable bonds is 16. The molecule has 0 heterocycles. The van der Waals surface area contributed by atoms with Crippen molar-refractivity contribution >= 4 is 11.7 Å². The van der Waals surface area contributed by atoms with Crippen LogP contribution in [0.3, 0.4) is 0 Å². The topological polar surface area (TPSA) is 185 Å². The Balaban J connectivity index is 3.81. The Morgan fingerprint density at radius 2 is 1.34 bits per heavy atom. The van der Waals surface area contributed by atoms with Gasteiger partial charge < -0.3 is 14.8 Å². The molecule has 0 radical (unpaired) electrons. The summed E-state index contributed by atoms with van der Waals surface area (Å²) in [7, 11) is 0. The highest BCUT2D eigenvalue weighted by atomic mass is 17.0. The molecule has 2 atom stereocenters. The van der Waals surface area contributed by atoms with E-state index in [2.05, 4.69) is 0 Å². The summed E-state index contributed by atoms with van der Waals surface area (Å²) in [4.78, 5) is 54.6. The molecule has 0 aliphatic carbocycles. The molecule has 0 amide bonds. The first-order valence-corrected chi connectivity index (χ1v) is 10.3. The highest BCUT2D eigenvalue weighted by Gasteiger charge is 2.36. The van der Waals surface area contributed by atoms with Crippen LogP contribution >= 0.6 is 0 Å². The van der Waals surface area contributed by atoms with Crippen molar-refractivity contribution in [3.63, 3.8) is 0 Å². The fourth-order valence-electron chi connectivity index (χ4n) is 3.52. The molecule has 0 aliphatic heterocycles. The average Bonchev–Trinajstić information content (AvgIpc) is 2.70. The first-order chi connectivity index (χ1) is 15.1. The lowest BCUT2D eigenvalue weighted by Gasteiger charge is -2.24. The van der Waals surface area contributed by atoms with E-state index in [1.54, 1.807) is 0 Å². The summed E-state index contributed by atoms with van der Waals surface area (Å²) in [6.45, 7) is 3.77. The number of hydrogen-bond acceptors (Lipinski definition) is 9. The van der Waals surface area contributed by atoms with Gasteiger partial charge in [0.2, 0.25) is 0 Å². The highest BCUT2D eigenvalue weighted by Crippen LogP contribution is 2.41. The van der Waals surface area contributed by atoms with Gasteiger partial charge in [-0.15, -0.1) is 20.2 Å². The van der Waals surface area contributed by atoms with Gasteiger partial charge in [-0.05, 0) is 18.9 Å². The zero-order chi connectivity index (χ0) is 24.3. The minimum absolute atomic E-state index is 0.0105. The van der Waals surface area contributed by atoms with Crippen molar-refractivity contribution < 1.29 is 34.7 Å². The number of carbonyl (C=O) groups is 1. The van der Waals surface area contributed by atoms with Crippen molar-refractivity contribution in [2.24, 2.45) is 0 Å². The molecule has 1 rings (SSSR count). The number of aromatic carboxylic acids is 1. The SMILES string of the molecule is CCCCCC(O[N+](=O)[O-])c1c(C(=O)O)ccc([N+](=O)[O-])c1C(CCCCC)O[N+](=O)[O-]. The lowest BCUT2D eigenvalue weighted by molar-refractivity contribution is -0.773. The molecule has 0 aromatic heterocycles. The van der Waals surface area contributed by atoms with Gasteiger partial charge in [0, 0.05) is 11.6 Å². The standard InChI is InChI=1S/C19H27N3O10/c1-3-5-7-9-15(31-21(27)28)17-13(19(23)24)11-12-14(20(25)26)18(17)16(32-22(29)30)10-8-6-4-2/h11-12,15-16H,3-10H2,1-2H3,(H,23,24). The molecular weight excluding hydrogens is 430 g/mol. The predicted molar refractivity (Wildman–Crippen MR) is 110 cm³/mol. The first-order valence-electron chi connectivity index (χ1n) is 10.3. The van der Waals surface area contributed by atoms with E-state index in [1.807, 2.05) is 13.8 Å². The summed E-state index contributed by atoms with van der Waals surface area (Å²) in [6, 6.07) is 1.86. The van der Waals surface area contributed by atoms with Gasteiger partial charge in [-0.3, -0.25) is 10.1 Å². The average molecular weight is 457 g/mol. The number of hydrogen-bond donors (Lipinski definition) is 1. The Kier molecular flexibility index (Phi) is 10.8. The quantitative estimate of drug-likeness (QED) is 0.202. The highest BCUT2D eigenvalue weighted by molar-refractivity contribution is 5.90. The molecule has 1 N–H and O–H groups in total. The van der Waals surface area contributed by atoms with Crippen molar-refractivity contribution in [2.75, 3.05) is 0 Å². The van der Waals surface area contributed by atoms with E-state index in [0.29, 0.717) is 25.7 Å². The molecule has 178 valence electrons. The monoisotopic (exact) mass is 457 g/mol. The Morgan fingerprint density at radius 1 is 0.875 bits per heavy atom. The minimum atomic E-state index is -1.50. The van der Waals surface area contributed by atoms with Gasteiger partial charge in [-0.1, -0.05) is 52.4 Å².